The van der Waals surface area contributed by atoms with Crippen LogP contribution in [0, 0.1) is 0 Å². The zero-order chi connectivity index (χ0) is 30.9. The Morgan fingerprint density at radius 1 is 0.854 bits per heavy atom. The Bertz CT molecular complexity index is 648. The van der Waals surface area contributed by atoms with Gasteiger partial charge in [-0.05, 0) is 33.1 Å². The van der Waals surface area contributed by atoms with Crippen molar-refractivity contribution in [2.45, 2.75) is 141 Å². The minimum absolute atomic E-state index is 0.00705. The van der Waals surface area contributed by atoms with Crippen LogP contribution >= 0.6 is 0 Å². The van der Waals surface area contributed by atoms with Crippen molar-refractivity contribution < 1.29 is 38.5 Å². The molecule has 9 heteroatoms. The van der Waals surface area contributed by atoms with Crippen LogP contribution in [-0.4, -0.2) is 99.9 Å². The van der Waals surface area contributed by atoms with E-state index in [2.05, 4.69) is 12.2 Å². The van der Waals surface area contributed by atoms with Crippen LogP contribution in [0.2, 0.25) is 0 Å². The summed E-state index contributed by atoms with van der Waals surface area (Å²) >= 11 is 0. The van der Waals surface area contributed by atoms with Crippen LogP contribution in [0.3, 0.4) is 0 Å². The molecule has 0 heterocycles. The largest absolute Gasteiger partial charge is 0.544 e. The molecule has 0 fully saturated rings. The predicted molar refractivity (Wildman–Crippen MR) is 162 cm³/mol. The highest BCUT2D eigenvalue weighted by Crippen LogP contribution is 2.19. The number of nitrogens with one attached hydrogen (secondary N) is 1. The van der Waals surface area contributed by atoms with Crippen LogP contribution in [0.25, 0.3) is 0 Å². The molecule has 0 rings (SSSR count). The summed E-state index contributed by atoms with van der Waals surface area (Å²) in [5.74, 6) is -1.00. The molecule has 1 amide bonds. The van der Waals surface area contributed by atoms with Gasteiger partial charge in [0.2, 0.25) is 5.91 Å². The van der Waals surface area contributed by atoms with Crippen LogP contribution in [-0.2, 0) is 23.8 Å². The molecule has 0 aromatic carbocycles. The van der Waals surface area contributed by atoms with Crippen molar-refractivity contribution in [1.29, 1.82) is 0 Å². The number of quaternary nitrogens is 1. The maximum atomic E-state index is 12.1. The summed E-state index contributed by atoms with van der Waals surface area (Å²) in [5, 5.41) is 24.7. The third-order valence-corrected chi connectivity index (χ3v) is 7.42. The molecular formula is C32H64N2O7. The molecule has 9 nitrogen and oxygen atoms in total. The highest BCUT2D eigenvalue weighted by molar-refractivity contribution is 5.75. The molecule has 0 spiro atoms. The number of aliphatic carboxylic acids is 1. The number of hydrogen-bond acceptors (Lipinski definition) is 7. The summed E-state index contributed by atoms with van der Waals surface area (Å²) in [5.41, 5.74) is 0. The Labute approximate surface area is 251 Å². The lowest BCUT2D eigenvalue weighted by molar-refractivity contribution is -0.884. The van der Waals surface area contributed by atoms with Crippen molar-refractivity contribution in [2.24, 2.45) is 0 Å². The summed E-state index contributed by atoms with van der Waals surface area (Å²) in [6.07, 6.45) is 14.2. The number of ether oxygens (including phenoxy) is 3. The molecule has 4 atom stereocenters. The van der Waals surface area contributed by atoms with Gasteiger partial charge < -0.3 is 39.0 Å². The number of carboxylic acids is 1. The van der Waals surface area contributed by atoms with E-state index < -0.39 is 12.1 Å². The molecule has 0 radical (unpaired) electrons. The van der Waals surface area contributed by atoms with Gasteiger partial charge in [-0.15, -0.1) is 0 Å². The number of carbonyl (C=O) groups is 2. The van der Waals surface area contributed by atoms with Gasteiger partial charge in [0.1, 0.15) is 6.54 Å². The number of methoxy groups -OCH3 is 1. The van der Waals surface area contributed by atoms with Crippen LogP contribution in [0.1, 0.15) is 117 Å². The SMILES string of the molecule is CCCCCCCCC(O)C(CCCCCCCC(=O)NCCC[N+](C)(C)CC(=O)[O-])OC(C)COC(C)COC. The Morgan fingerprint density at radius 2 is 1.46 bits per heavy atom. The number of aliphatic hydroxyl groups excluding tert-OH is 1. The second-order valence-corrected chi connectivity index (χ2v) is 12.4. The van der Waals surface area contributed by atoms with Crippen molar-refractivity contribution in [3.8, 4) is 0 Å². The van der Waals surface area contributed by atoms with Crippen LogP contribution < -0.4 is 10.4 Å². The third kappa shape index (κ3) is 25.0. The minimum Gasteiger partial charge on any atom is -0.544 e. The van der Waals surface area contributed by atoms with E-state index >= 15 is 0 Å². The fourth-order valence-corrected chi connectivity index (χ4v) is 5.00. The molecule has 4 unspecified atom stereocenters. The van der Waals surface area contributed by atoms with E-state index in [1.807, 2.05) is 27.9 Å². The van der Waals surface area contributed by atoms with Crippen molar-refractivity contribution in [1.82, 2.24) is 5.32 Å². The average Bonchev–Trinajstić information content (AvgIpc) is 2.90. The summed E-state index contributed by atoms with van der Waals surface area (Å²) < 4.78 is 17.6. The zero-order valence-corrected chi connectivity index (χ0v) is 27.3. The smallest absolute Gasteiger partial charge is 0.219 e. The Balaban J connectivity index is 4.28. The first kappa shape index (κ1) is 39.7. The van der Waals surface area contributed by atoms with Gasteiger partial charge in [0.05, 0.1) is 64.2 Å². The van der Waals surface area contributed by atoms with Crippen LogP contribution in [0.4, 0.5) is 0 Å². The first-order valence-electron chi connectivity index (χ1n) is 16.2. The van der Waals surface area contributed by atoms with Crippen molar-refractivity contribution >= 4 is 11.9 Å². The standard InChI is InChI=1S/C32H64N2O7/c1-7-8-9-10-12-15-19-29(35)30(41-28(3)26-40-27(2)25-39-6)20-16-13-11-14-17-21-31(36)33-22-18-23-34(4,5)24-32(37)38/h27-30,35H,7-26H2,1-6H3,(H-,33,36,37,38). The topological polar surface area (TPSA) is 117 Å². The molecule has 0 bridgehead atoms. The fraction of sp³-hybridized carbons (Fsp3) is 0.938. The van der Waals surface area contributed by atoms with E-state index in [0.29, 0.717) is 37.2 Å². The Hall–Kier alpha value is -1.26. The molecule has 244 valence electrons. The maximum absolute atomic E-state index is 12.1. The molecule has 0 aliphatic rings. The molecule has 2 N–H and O–H groups in total. The lowest BCUT2D eigenvalue weighted by Crippen LogP contribution is -2.49. The summed E-state index contributed by atoms with van der Waals surface area (Å²) in [6.45, 7) is 8.43. The highest BCUT2D eigenvalue weighted by Gasteiger charge is 2.22. The number of nitrogens with zero attached hydrogens (tertiary/aromatic N) is 1. The molecule has 41 heavy (non-hydrogen) atoms. The van der Waals surface area contributed by atoms with Gasteiger partial charge in [0.25, 0.3) is 0 Å². The van der Waals surface area contributed by atoms with E-state index in [1.165, 1.54) is 25.7 Å². The molecule has 0 aromatic rings. The molecule has 0 aliphatic heterocycles. The molecule has 0 saturated heterocycles. The number of carbonyl (C=O) groups excluding carboxylic acids is 2. The first-order valence-corrected chi connectivity index (χ1v) is 16.2. The quantitative estimate of drug-likeness (QED) is 0.100. The third-order valence-electron chi connectivity index (χ3n) is 7.42. The average molecular weight is 589 g/mol. The van der Waals surface area contributed by atoms with E-state index in [9.17, 15) is 19.8 Å². The Kier molecular flexibility index (Phi) is 24.5. The summed E-state index contributed by atoms with van der Waals surface area (Å²) in [7, 11) is 5.36. The van der Waals surface area contributed by atoms with Crippen molar-refractivity contribution in [3.05, 3.63) is 0 Å². The number of hydrogen-bond donors (Lipinski definition) is 2. The lowest BCUT2D eigenvalue weighted by Gasteiger charge is -2.30. The number of rotatable bonds is 29. The van der Waals surface area contributed by atoms with Gasteiger partial charge >= 0.3 is 0 Å². The molecule has 0 aliphatic carbocycles. The van der Waals surface area contributed by atoms with Crippen LogP contribution in [0.15, 0.2) is 0 Å². The molecular weight excluding hydrogens is 524 g/mol. The number of unbranched alkanes of at least 4 members (excludes halogenated alkanes) is 9. The number of aliphatic hydroxyl groups is 1. The molecule has 0 aromatic heterocycles. The Morgan fingerprint density at radius 3 is 2.10 bits per heavy atom. The van der Waals surface area contributed by atoms with E-state index in [4.69, 9.17) is 14.2 Å². The van der Waals surface area contributed by atoms with Gasteiger partial charge in [-0.1, -0.05) is 71.1 Å². The van der Waals surface area contributed by atoms with Crippen molar-refractivity contribution in [2.75, 3.05) is 54.1 Å². The minimum atomic E-state index is -1.06. The first-order chi connectivity index (χ1) is 19.5. The van der Waals surface area contributed by atoms with Gasteiger partial charge in [0.15, 0.2) is 0 Å². The second kappa shape index (κ2) is 25.3. The van der Waals surface area contributed by atoms with E-state index in [1.54, 1.807) is 7.11 Å². The van der Waals surface area contributed by atoms with E-state index in [-0.39, 0.29) is 30.8 Å². The van der Waals surface area contributed by atoms with Gasteiger partial charge in [0, 0.05) is 26.5 Å². The lowest BCUT2D eigenvalue weighted by atomic mass is 9.99. The number of likely N-dealkylation sites (N-methyl/N-ethyl adjacent to an activating group) is 1. The number of carboxylic acid groups (broad SMARTS) is 1. The summed E-state index contributed by atoms with van der Waals surface area (Å²) in [4.78, 5) is 22.9. The predicted octanol–water partition coefficient (Wildman–Crippen LogP) is 3.99. The van der Waals surface area contributed by atoms with Gasteiger partial charge in [-0.25, -0.2) is 0 Å². The summed E-state index contributed by atoms with van der Waals surface area (Å²) in [6, 6.07) is 0. The van der Waals surface area contributed by atoms with Crippen LogP contribution in [0.5, 0.6) is 0 Å². The maximum Gasteiger partial charge on any atom is 0.219 e. The second-order valence-electron chi connectivity index (χ2n) is 12.4. The zero-order valence-electron chi connectivity index (χ0n) is 27.3. The van der Waals surface area contributed by atoms with Gasteiger partial charge in [-0.3, -0.25) is 4.79 Å². The fourth-order valence-electron chi connectivity index (χ4n) is 5.00. The van der Waals surface area contributed by atoms with Crippen molar-refractivity contribution in [3.63, 3.8) is 0 Å². The number of amides is 1. The monoisotopic (exact) mass is 588 g/mol. The molecule has 0 saturated carbocycles. The van der Waals surface area contributed by atoms with E-state index in [0.717, 1.165) is 64.2 Å². The normalized spacial score (nSPS) is 14.9. The highest BCUT2D eigenvalue weighted by atomic mass is 16.6. The van der Waals surface area contributed by atoms with Gasteiger partial charge in [-0.2, -0.15) is 0 Å².